The summed E-state index contributed by atoms with van der Waals surface area (Å²) in [5.74, 6) is 0.481. The molecule has 0 radical (unpaired) electrons. The zero-order valence-electron chi connectivity index (χ0n) is 22.7. The van der Waals surface area contributed by atoms with Gasteiger partial charge in [-0.05, 0) is 80.1 Å². The third kappa shape index (κ3) is 7.42. The molecule has 41 heavy (non-hydrogen) atoms. The topological polar surface area (TPSA) is 80.3 Å². The van der Waals surface area contributed by atoms with Crippen LogP contribution >= 0.6 is 23.1 Å². The minimum Gasteiger partial charge on any atom is -0.494 e. The predicted octanol–water partition coefficient (Wildman–Crippen LogP) is 8.24. The molecule has 206 valence electrons. The molecule has 0 fully saturated rings. The van der Waals surface area contributed by atoms with Crippen molar-refractivity contribution in [3.05, 3.63) is 125 Å². The van der Waals surface area contributed by atoms with E-state index in [9.17, 15) is 9.59 Å². The molecule has 0 aliphatic rings. The first-order valence-electron chi connectivity index (χ1n) is 13.2. The summed E-state index contributed by atoms with van der Waals surface area (Å²) in [6, 6.07) is 32.4. The van der Waals surface area contributed by atoms with Gasteiger partial charge in [-0.15, -0.1) is 23.1 Å². The van der Waals surface area contributed by atoms with Crippen molar-refractivity contribution >= 4 is 45.7 Å². The molecule has 8 heteroatoms. The highest BCUT2D eigenvalue weighted by atomic mass is 32.2. The molecule has 0 saturated carbocycles. The molecule has 2 N–H and O–H groups in total. The average Bonchev–Trinajstić information content (AvgIpc) is 3.46. The van der Waals surface area contributed by atoms with Crippen molar-refractivity contribution in [1.82, 2.24) is 4.98 Å². The molecule has 5 rings (SSSR count). The van der Waals surface area contributed by atoms with Gasteiger partial charge in [-0.25, -0.2) is 4.98 Å². The number of aryl methyl sites for hydroxylation is 1. The number of rotatable bonds is 10. The van der Waals surface area contributed by atoms with Crippen LogP contribution in [0.2, 0.25) is 0 Å². The van der Waals surface area contributed by atoms with Gasteiger partial charge >= 0.3 is 0 Å². The Labute approximate surface area is 247 Å². The van der Waals surface area contributed by atoms with Crippen molar-refractivity contribution in [2.75, 3.05) is 17.2 Å². The molecule has 0 aliphatic heterocycles. The summed E-state index contributed by atoms with van der Waals surface area (Å²) < 4.78 is 5.52. The first kappa shape index (κ1) is 28.1. The molecule has 2 amide bonds. The standard InChI is InChI=1S/C33H29N3O3S2/c1-3-39-27-17-13-23(14-18-27)29-21-40-33(35-29)36-32(38)30(24-7-5-4-6-8-24)41-28-19-15-26(16-20-28)34-31(37)25-11-9-22(2)10-12-25/h4-21,30H,3H2,1-2H3,(H,34,37)(H,35,36,38). The zero-order chi connectivity index (χ0) is 28.6. The number of nitrogens with zero attached hydrogens (tertiary/aromatic N) is 1. The van der Waals surface area contributed by atoms with Crippen molar-refractivity contribution in [3.8, 4) is 17.0 Å². The summed E-state index contributed by atoms with van der Waals surface area (Å²) in [4.78, 5) is 31.7. The normalized spacial score (nSPS) is 11.5. The van der Waals surface area contributed by atoms with Crippen LogP contribution in [0.3, 0.4) is 0 Å². The van der Waals surface area contributed by atoms with Crippen LogP contribution < -0.4 is 15.4 Å². The quantitative estimate of drug-likeness (QED) is 0.163. The number of carbonyl (C=O) groups excluding carboxylic acids is 2. The van der Waals surface area contributed by atoms with Crippen molar-refractivity contribution in [3.63, 3.8) is 0 Å². The molecule has 6 nitrogen and oxygen atoms in total. The molecule has 0 bridgehead atoms. The Bertz CT molecular complexity index is 1600. The molecule has 1 aromatic heterocycles. The van der Waals surface area contributed by atoms with Gasteiger partial charge in [-0.2, -0.15) is 0 Å². The highest BCUT2D eigenvalue weighted by Gasteiger charge is 2.23. The number of nitrogens with one attached hydrogen (secondary N) is 2. The lowest BCUT2D eigenvalue weighted by atomic mass is 10.1. The van der Waals surface area contributed by atoms with E-state index in [1.54, 1.807) is 0 Å². The molecule has 0 spiro atoms. The molecular formula is C33H29N3O3S2. The number of thiazole rings is 1. The van der Waals surface area contributed by atoms with Gasteiger partial charge in [0.25, 0.3) is 5.91 Å². The van der Waals surface area contributed by atoms with Gasteiger partial charge < -0.3 is 15.4 Å². The van der Waals surface area contributed by atoms with E-state index < -0.39 is 5.25 Å². The van der Waals surface area contributed by atoms with Crippen LogP contribution in [0.5, 0.6) is 5.75 Å². The Morgan fingerprint density at radius 1 is 0.878 bits per heavy atom. The van der Waals surface area contributed by atoms with Crippen LogP contribution in [0.4, 0.5) is 10.8 Å². The average molecular weight is 580 g/mol. The SMILES string of the molecule is CCOc1ccc(-c2csc(NC(=O)C(Sc3ccc(NC(=O)c4ccc(C)cc4)cc3)c3ccccc3)n2)cc1. The minimum absolute atomic E-state index is 0.162. The molecular weight excluding hydrogens is 551 g/mol. The molecule has 4 aromatic carbocycles. The maximum Gasteiger partial charge on any atom is 0.255 e. The fourth-order valence-corrected chi connectivity index (χ4v) is 5.83. The van der Waals surface area contributed by atoms with Gasteiger partial charge in [-0.3, -0.25) is 9.59 Å². The lowest BCUT2D eigenvalue weighted by Gasteiger charge is -2.16. The van der Waals surface area contributed by atoms with Crippen LogP contribution in [0.15, 0.2) is 113 Å². The maximum absolute atomic E-state index is 13.5. The second-order valence-electron chi connectivity index (χ2n) is 9.24. The second kappa shape index (κ2) is 13.3. The Morgan fingerprint density at radius 3 is 2.27 bits per heavy atom. The number of carbonyl (C=O) groups is 2. The molecule has 1 heterocycles. The highest BCUT2D eigenvalue weighted by molar-refractivity contribution is 8.00. The van der Waals surface area contributed by atoms with Crippen molar-refractivity contribution in [2.24, 2.45) is 0 Å². The number of aromatic nitrogens is 1. The summed E-state index contributed by atoms with van der Waals surface area (Å²) in [6.45, 7) is 4.55. The Balaban J connectivity index is 1.27. The number of thioether (sulfide) groups is 1. The van der Waals surface area contributed by atoms with Gasteiger partial charge in [0.05, 0.1) is 12.3 Å². The van der Waals surface area contributed by atoms with E-state index in [-0.39, 0.29) is 11.8 Å². The first-order chi connectivity index (χ1) is 20.0. The lowest BCUT2D eigenvalue weighted by molar-refractivity contribution is -0.115. The monoisotopic (exact) mass is 579 g/mol. The number of hydrogen-bond donors (Lipinski definition) is 2. The van der Waals surface area contributed by atoms with Crippen LogP contribution in [0.25, 0.3) is 11.3 Å². The third-order valence-electron chi connectivity index (χ3n) is 6.22. The number of anilines is 2. The minimum atomic E-state index is -0.498. The van der Waals surface area contributed by atoms with Gasteiger partial charge in [0.15, 0.2) is 5.13 Å². The van der Waals surface area contributed by atoms with E-state index in [1.807, 2.05) is 122 Å². The largest absolute Gasteiger partial charge is 0.494 e. The van der Waals surface area contributed by atoms with Crippen molar-refractivity contribution in [1.29, 1.82) is 0 Å². The first-order valence-corrected chi connectivity index (χ1v) is 14.9. The number of benzene rings is 4. The lowest BCUT2D eigenvalue weighted by Crippen LogP contribution is -2.19. The molecule has 0 saturated heterocycles. The Hall–Kier alpha value is -4.40. The predicted molar refractivity (Wildman–Crippen MR) is 168 cm³/mol. The highest BCUT2D eigenvalue weighted by Crippen LogP contribution is 2.37. The summed E-state index contributed by atoms with van der Waals surface area (Å²) in [7, 11) is 0. The summed E-state index contributed by atoms with van der Waals surface area (Å²) in [5, 5.41) is 7.91. The Kier molecular flexibility index (Phi) is 9.13. The fraction of sp³-hybridized carbons (Fsp3) is 0.121. The van der Waals surface area contributed by atoms with E-state index in [0.29, 0.717) is 23.0 Å². The van der Waals surface area contributed by atoms with E-state index in [2.05, 4.69) is 15.6 Å². The van der Waals surface area contributed by atoms with Crippen molar-refractivity contribution in [2.45, 2.75) is 24.0 Å². The van der Waals surface area contributed by atoms with Crippen molar-refractivity contribution < 1.29 is 14.3 Å². The molecule has 1 atom stereocenters. The number of ether oxygens (including phenoxy) is 1. The van der Waals surface area contributed by atoms with Crippen LogP contribution in [0.1, 0.15) is 33.7 Å². The molecule has 0 aliphatic carbocycles. The van der Waals surface area contributed by atoms with E-state index >= 15 is 0 Å². The summed E-state index contributed by atoms with van der Waals surface area (Å²) >= 11 is 2.83. The summed E-state index contributed by atoms with van der Waals surface area (Å²) in [5.41, 5.74) is 5.01. The van der Waals surface area contributed by atoms with Gasteiger partial charge in [0.2, 0.25) is 5.91 Å². The number of amides is 2. The number of hydrogen-bond acceptors (Lipinski definition) is 6. The van der Waals surface area contributed by atoms with Gasteiger partial charge in [-0.1, -0.05) is 48.0 Å². The van der Waals surface area contributed by atoms with Crippen LogP contribution in [0, 0.1) is 6.92 Å². The molecule has 1 unspecified atom stereocenters. The van der Waals surface area contributed by atoms with Crippen LogP contribution in [-0.4, -0.2) is 23.4 Å². The van der Waals surface area contributed by atoms with E-state index in [1.165, 1.54) is 23.1 Å². The fourth-order valence-electron chi connectivity index (χ4n) is 4.09. The van der Waals surface area contributed by atoms with Gasteiger partial charge in [0.1, 0.15) is 11.0 Å². The second-order valence-corrected chi connectivity index (χ2v) is 11.3. The van der Waals surface area contributed by atoms with Gasteiger partial charge in [0, 0.05) is 27.1 Å². The Morgan fingerprint density at radius 2 is 1.59 bits per heavy atom. The molecule has 5 aromatic rings. The smallest absolute Gasteiger partial charge is 0.255 e. The summed E-state index contributed by atoms with van der Waals surface area (Å²) in [6.07, 6.45) is 0. The third-order valence-corrected chi connectivity index (χ3v) is 8.24. The van der Waals surface area contributed by atoms with E-state index in [4.69, 9.17) is 4.74 Å². The maximum atomic E-state index is 13.5. The van der Waals surface area contributed by atoms with E-state index in [0.717, 1.165) is 33.0 Å². The zero-order valence-corrected chi connectivity index (χ0v) is 24.3. The van der Waals surface area contributed by atoms with Crippen LogP contribution in [-0.2, 0) is 4.79 Å².